The quantitative estimate of drug-likeness (QED) is 0.635. The molecule has 0 bridgehead atoms. The Balaban J connectivity index is 2.80. The third-order valence-corrected chi connectivity index (χ3v) is 4.25. The topological polar surface area (TPSA) is 90.1 Å². The predicted octanol–water partition coefficient (Wildman–Crippen LogP) is 0.136. The highest BCUT2D eigenvalue weighted by Crippen LogP contribution is 2.12. The first-order valence-corrected chi connectivity index (χ1v) is 8.13. The number of nitrogens with zero attached hydrogens (tertiary/aromatic N) is 2. The Bertz CT molecular complexity index is 510. The minimum absolute atomic E-state index is 0.135. The van der Waals surface area contributed by atoms with Crippen molar-refractivity contribution >= 4 is 10.0 Å². The molecule has 0 fully saturated rings. The second-order valence-corrected chi connectivity index (χ2v) is 7.20. The van der Waals surface area contributed by atoms with Gasteiger partial charge >= 0.3 is 0 Å². The second kappa shape index (κ2) is 7.16. The fraction of sp³-hybridized carbons (Fsp3) is 0.750. The maximum Gasteiger partial charge on any atom is 0.258 e. The number of H-pyrrole nitrogens is 1. The molecule has 0 radical (unpaired) electrons. The van der Waals surface area contributed by atoms with E-state index < -0.39 is 10.0 Å². The summed E-state index contributed by atoms with van der Waals surface area (Å²) < 4.78 is 27.3. The molecule has 0 spiro atoms. The molecule has 0 amide bonds. The standard InChI is InChI=1S/C12H25N5O2S/c1-9(2)13-6-11-7-14-15-12(11)20(18,19)16-10(3)8-17(4)5/h7,9-10,13,16H,6,8H2,1-5H3,(H,14,15). The summed E-state index contributed by atoms with van der Waals surface area (Å²) in [6, 6.07) is 0.102. The van der Waals surface area contributed by atoms with Crippen molar-refractivity contribution in [2.24, 2.45) is 0 Å². The first-order valence-electron chi connectivity index (χ1n) is 6.65. The summed E-state index contributed by atoms with van der Waals surface area (Å²) in [4.78, 5) is 1.93. The Morgan fingerprint density at radius 2 is 2.00 bits per heavy atom. The van der Waals surface area contributed by atoms with E-state index in [0.717, 1.165) is 0 Å². The third-order valence-electron chi connectivity index (χ3n) is 2.64. The Morgan fingerprint density at radius 1 is 1.35 bits per heavy atom. The second-order valence-electron chi connectivity index (χ2n) is 5.54. The van der Waals surface area contributed by atoms with Crippen molar-refractivity contribution in [3.63, 3.8) is 0 Å². The van der Waals surface area contributed by atoms with Crippen molar-refractivity contribution in [2.45, 2.75) is 44.4 Å². The summed E-state index contributed by atoms with van der Waals surface area (Å²) in [5.74, 6) is 0. The zero-order valence-electron chi connectivity index (χ0n) is 12.8. The van der Waals surface area contributed by atoms with Crippen LogP contribution in [0.3, 0.4) is 0 Å². The van der Waals surface area contributed by atoms with Crippen molar-refractivity contribution in [3.8, 4) is 0 Å². The molecular weight excluding hydrogens is 278 g/mol. The first kappa shape index (κ1) is 17.1. The zero-order chi connectivity index (χ0) is 15.3. The van der Waals surface area contributed by atoms with Crippen LogP contribution in [0.15, 0.2) is 11.2 Å². The lowest BCUT2D eigenvalue weighted by atomic mass is 10.3. The van der Waals surface area contributed by atoms with Gasteiger partial charge in [0.25, 0.3) is 10.0 Å². The van der Waals surface area contributed by atoms with Crippen molar-refractivity contribution < 1.29 is 8.42 Å². The molecule has 1 aromatic heterocycles. The molecular formula is C12H25N5O2S. The van der Waals surface area contributed by atoms with Gasteiger partial charge in [-0.1, -0.05) is 13.8 Å². The molecule has 7 nitrogen and oxygen atoms in total. The number of aromatic amines is 1. The molecule has 8 heteroatoms. The molecule has 1 atom stereocenters. The van der Waals surface area contributed by atoms with Gasteiger partial charge in [0.05, 0.1) is 6.20 Å². The van der Waals surface area contributed by atoms with Crippen LogP contribution in [0.1, 0.15) is 26.3 Å². The van der Waals surface area contributed by atoms with Gasteiger partial charge in [-0.3, -0.25) is 5.10 Å². The van der Waals surface area contributed by atoms with Crippen molar-refractivity contribution in [3.05, 3.63) is 11.8 Å². The zero-order valence-corrected chi connectivity index (χ0v) is 13.6. The van der Waals surface area contributed by atoms with E-state index in [4.69, 9.17) is 0 Å². The van der Waals surface area contributed by atoms with Gasteiger partial charge in [-0.05, 0) is 21.0 Å². The number of hydrogen-bond donors (Lipinski definition) is 3. The maximum atomic E-state index is 12.3. The van der Waals surface area contributed by atoms with Gasteiger partial charge in [0.15, 0.2) is 5.03 Å². The minimum Gasteiger partial charge on any atom is -0.310 e. The molecule has 0 aromatic carbocycles. The maximum absolute atomic E-state index is 12.3. The lowest BCUT2D eigenvalue weighted by molar-refractivity contribution is 0.370. The monoisotopic (exact) mass is 303 g/mol. The van der Waals surface area contributed by atoms with Gasteiger partial charge in [0.2, 0.25) is 0 Å². The van der Waals surface area contributed by atoms with Crippen LogP contribution in [0.25, 0.3) is 0 Å². The number of nitrogens with one attached hydrogen (secondary N) is 3. The lowest BCUT2D eigenvalue weighted by Gasteiger charge is -2.18. The predicted molar refractivity (Wildman–Crippen MR) is 78.9 cm³/mol. The number of sulfonamides is 1. The summed E-state index contributed by atoms with van der Waals surface area (Å²) in [6.45, 7) is 6.94. The van der Waals surface area contributed by atoms with Crippen LogP contribution < -0.4 is 10.0 Å². The molecule has 1 rings (SSSR count). The fourth-order valence-electron chi connectivity index (χ4n) is 1.88. The minimum atomic E-state index is -3.58. The van der Waals surface area contributed by atoms with Crippen LogP contribution >= 0.6 is 0 Å². The number of likely N-dealkylation sites (N-methyl/N-ethyl adjacent to an activating group) is 1. The summed E-state index contributed by atoms with van der Waals surface area (Å²) >= 11 is 0. The SMILES string of the molecule is CC(C)NCc1cn[nH]c1S(=O)(=O)NC(C)CN(C)C. The lowest BCUT2D eigenvalue weighted by Crippen LogP contribution is -2.40. The van der Waals surface area contributed by atoms with Crippen molar-refractivity contribution in [1.29, 1.82) is 0 Å². The van der Waals surface area contributed by atoms with Gasteiger partial charge in [-0.2, -0.15) is 5.10 Å². The van der Waals surface area contributed by atoms with Crippen LogP contribution in [0.5, 0.6) is 0 Å². The average Bonchev–Trinajstić information content (AvgIpc) is 2.72. The van der Waals surface area contributed by atoms with Gasteiger partial charge in [-0.25, -0.2) is 13.1 Å². The summed E-state index contributed by atoms with van der Waals surface area (Å²) in [5.41, 5.74) is 0.642. The summed E-state index contributed by atoms with van der Waals surface area (Å²) in [7, 11) is 0.228. The van der Waals surface area contributed by atoms with E-state index in [1.165, 1.54) is 0 Å². The van der Waals surface area contributed by atoms with E-state index in [-0.39, 0.29) is 17.1 Å². The highest BCUT2D eigenvalue weighted by Gasteiger charge is 2.23. The van der Waals surface area contributed by atoms with Gasteiger partial charge in [0, 0.05) is 30.7 Å². The number of hydrogen-bond acceptors (Lipinski definition) is 5. The first-order chi connectivity index (χ1) is 9.22. The van der Waals surface area contributed by atoms with E-state index in [9.17, 15) is 8.42 Å². The highest BCUT2D eigenvalue weighted by molar-refractivity contribution is 7.89. The average molecular weight is 303 g/mol. The molecule has 3 N–H and O–H groups in total. The molecule has 0 saturated heterocycles. The van der Waals surface area contributed by atoms with Gasteiger partial charge in [0.1, 0.15) is 0 Å². The van der Waals surface area contributed by atoms with E-state index in [0.29, 0.717) is 18.7 Å². The third kappa shape index (κ3) is 5.20. The Labute approximate surface area is 121 Å². The van der Waals surface area contributed by atoms with E-state index >= 15 is 0 Å². The molecule has 0 aliphatic rings. The van der Waals surface area contributed by atoms with Crippen LogP contribution in [-0.2, 0) is 16.6 Å². The molecule has 1 unspecified atom stereocenters. The van der Waals surface area contributed by atoms with Crippen LogP contribution in [0.2, 0.25) is 0 Å². The molecule has 116 valence electrons. The van der Waals surface area contributed by atoms with Crippen LogP contribution in [0, 0.1) is 0 Å². The molecule has 0 saturated carbocycles. The van der Waals surface area contributed by atoms with Gasteiger partial charge in [-0.15, -0.1) is 0 Å². The van der Waals surface area contributed by atoms with E-state index in [1.54, 1.807) is 6.20 Å². The summed E-state index contributed by atoms with van der Waals surface area (Å²) in [6.07, 6.45) is 1.54. The van der Waals surface area contributed by atoms with Crippen LogP contribution in [0.4, 0.5) is 0 Å². The van der Waals surface area contributed by atoms with E-state index in [2.05, 4.69) is 20.2 Å². The molecule has 1 heterocycles. The largest absolute Gasteiger partial charge is 0.310 e. The van der Waals surface area contributed by atoms with Crippen LogP contribution in [-0.4, -0.2) is 56.2 Å². The Morgan fingerprint density at radius 3 is 2.55 bits per heavy atom. The normalized spacial score (nSPS) is 14.2. The van der Waals surface area contributed by atoms with Crippen molar-refractivity contribution in [1.82, 2.24) is 25.1 Å². The smallest absolute Gasteiger partial charge is 0.258 e. The molecule has 20 heavy (non-hydrogen) atoms. The molecule has 0 aliphatic heterocycles. The molecule has 1 aromatic rings. The summed E-state index contributed by atoms with van der Waals surface area (Å²) in [5, 5.41) is 9.74. The number of aromatic nitrogens is 2. The van der Waals surface area contributed by atoms with Crippen molar-refractivity contribution in [2.75, 3.05) is 20.6 Å². The van der Waals surface area contributed by atoms with E-state index in [1.807, 2.05) is 39.8 Å². The Hall–Kier alpha value is -0.960. The number of rotatable bonds is 8. The van der Waals surface area contributed by atoms with Gasteiger partial charge < -0.3 is 10.2 Å². The highest BCUT2D eigenvalue weighted by atomic mass is 32.2. The Kier molecular flexibility index (Phi) is 6.12. The fourth-order valence-corrected chi connectivity index (χ4v) is 3.25. The molecule has 0 aliphatic carbocycles.